The molecule has 9 nitrogen and oxygen atoms in total. The molecule has 1 amide bonds. The molecule has 0 saturated heterocycles. The highest BCUT2D eigenvalue weighted by Crippen LogP contribution is 2.30. The van der Waals surface area contributed by atoms with Gasteiger partial charge in [-0.05, 0) is 43.3 Å². The fraction of sp³-hybridized carbons (Fsp3) is 0.174. The van der Waals surface area contributed by atoms with Gasteiger partial charge < -0.3 is 14.6 Å². The molecule has 0 atom stereocenters. The van der Waals surface area contributed by atoms with Crippen molar-refractivity contribution in [2.45, 2.75) is 25.3 Å². The number of sulfone groups is 1. The largest absolute Gasteiger partial charge is 0.485 e. The quantitative estimate of drug-likeness (QED) is 0.369. The standard InChI is InChI=1S/C23H19Cl2N3O6S/c1-3-35(31,32)16-5-7-20(19(11-16)27-23(30)17-6-4-14(24)9-18(17)25)33-12-15-10-22(29)28-21(26-15)8-13(2)34-28/h4-11H,3,12H2,1-2H3,(H,27,30). The van der Waals surface area contributed by atoms with Crippen LogP contribution in [-0.2, 0) is 16.4 Å². The Morgan fingerprint density at radius 3 is 2.63 bits per heavy atom. The molecular formula is C23H19Cl2N3O6S. The van der Waals surface area contributed by atoms with E-state index in [2.05, 4.69) is 10.3 Å². The van der Waals surface area contributed by atoms with Crippen LogP contribution in [0.1, 0.15) is 28.7 Å². The van der Waals surface area contributed by atoms with Crippen molar-refractivity contribution < 1.29 is 22.5 Å². The number of nitrogens with zero attached hydrogens (tertiary/aromatic N) is 2. The summed E-state index contributed by atoms with van der Waals surface area (Å²) in [6.45, 7) is 3.09. The van der Waals surface area contributed by atoms with Crippen molar-refractivity contribution in [3.8, 4) is 5.75 Å². The Morgan fingerprint density at radius 1 is 1.14 bits per heavy atom. The number of aryl methyl sites for hydroxylation is 1. The summed E-state index contributed by atoms with van der Waals surface area (Å²) in [4.78, 5) is 29.5. The van der Waals surface area contributed by atoms with Gasteiger partial charge in [-0.15, -0.1) is 4.57 Å². The molecule has 35 heavy (non-hydrogen) atoms. The van der Waals surface area contributed by atoms with E-state index < -0.39 is 21.3 Å². The molecule has 0 aliphatic rings. The normalized spacial score (nSPS) is 11.5. The second-order valence-corrected chi connectivity index (χ2v) is 10.6. The summed E-state index contributed by atoms with van der Waals surface area (Å²) in [6.07, 6.45) is 0. The first-order valence-electron chi connectivity index (χ1n) is 10.3. The first-order chi connectivity index (χ1) is 16.6. The minimum atomic E-state index is -3.56. The maximum absolute atomic E-state index is 12.9. The van der Waals surface area contributed by atoms with Crippen molar-refractivity contribution in [2.75, 3.05) is 11.1 Å². The van der Waals surface area contributed by atoms with Crippen LogP contribution in [0.5, 0.6) is 5.75 Å². The minimum absolute atomic E-state index is 0.0107. The van der Waals surface area contributed by atoms with E-state index in [4.69, 9.17) is 32.5 Å². The zero-order valence-corrected chi connectivity index (χ0v) is 20.9. The fourth-order valence-corrected chi connectivity index (χ4v) is 4.66. The number of benzene rings is 2. The van der Waals surface area contributed by atoms with Crippen LogP contribution in [0.15, 0.2) is 62.7 Å². The molecule has 0 radical (unpaired) electrons. The third kappa shape index (κ3) is 5.34. The zero-order chi connectivity index (χ0) is 25.3. The molecule has 12 heteroatoms. The number of aromatic nitrogens is 2. The van der Waals surface area contributed by atoms with Gasteiger partial charge in [-0.25, -0.2) is 13.4 Å². The Labute approximate surface area is 210 Å². The van der Waals surface area contributed by atoms with Gasteiger partial charge in [0.1, 0.15) is 18.1 Å². The van der Waals surface area contributed by atoms with Crippen LogP contribution in [0.25, 0.3) is 5.65 Å². The van der Waals surface area contributed by atoms with Gasteiger partial charge >= 0.3 is 0 Å². The number of rotatable bonds is 7. The van der Waals surface area contributed by atoms with E-state index in [0.29, 0.717) is 22.1 Å². The lowest BCUT2D eigenvalue weighted by Crippen LogP contribution is -2.16. The van der Waals surface area contributed by atoms with Gasteiger partial charge in [0.05, 0.1) is 32.6 Å². The molecule has 4 rings (SSSR count). The molecule has 182 valence electrons. The molecule has 1 N–H and O–H groups in total. The number of nitrogens with one attached hydrogen (secondary N) is 1. The molecular weight excluding hydrogens is 517 g/mol. The highest BCUT2D eigenvalue weighted by Gasteiger charge is 2.19. The van der Waals surface area contributed by atoms with Crippen molar-refractivity contribution in [1.29, 1.82) is 0 Å². The third-order valence-corrected chi connectivity index (χ3v) is 7.29. The van der Waals surface area contributed by atoms with Gasteiger partial charge in [0.25, 0.3) is 11.5 Å². The Morgan fingerprint density at radius 2 is 1.91 bits per heavy atom. The Hall–Kier alpha value is -3.34. The van der Waals surface area contributed by atoms with Gasteiger partial charge in [0, 0.05) is 17.2 Å². The number of hydrogen-bond donors (Lipinski definition) is 1. The maximum atomic E-state index is 12.9. The molecule has 0 fully saturated rings. The van der Waals surface area contributed by atoms with Gasteiger partial charge in [0.2, 0.25) is 0 Å². The SMILES string of the molecule is CCS(=O)(=O)c1ccc(OCc2cc(=O)n3oc(C)cc3n2)c(NC(=O)c2ccc(Cl)cc2Cl)c1. The number of amides is 1. The van der Waals surface area contributed by atoms with Crippen LogP contribution in [0.3, 0.4) is 0 Å². The second kappa shape index (κ2) is 9.73. The van der Waals surface area contributed by atoms with Crippen molar-refractivity contribution in [3.05, 3.63) is 85.9 Å². The number of fused-ring (bicyclic) bond motifs is 1. The number of carbonyl (C=O) groups excluding carboxylic acids is 1. The lowest BCUT2D eigenvalue weighted by molar-refractivity contribution is 0.102. The summed E-state index contributed by atoms with van der Waals surface area (Å²) < 4.78 is 37.0. The average Bonchev–Trinajstić information content (AvgIpc) is 3.18. The Kier molecular flexibility index (Phi) is 6.88. The second-order valence-electron chi connectivity index (χ2n) is 7.51. The first kappa shape index (κ1) is 24.8. The lowest BCUT2D eigenvalue weighted by Gasteiger charge is -2.15. The van der Waals surface area contributed by atoms with Crippen LogP contribution in [0, 0.1) is 6.92 Å². The predicted molar refractivity (Wildman–Crippen MR) is 131 cm³/mol. The van der Waals surface area contributed by atoms with Crippen molar-refractivity contribution >= 4 is 50.3 Å². The van der Waals surface area contributed by atoms with Gasteiger partial charge in [-0.3, -0.25) is 9.59 Å². The number of hydrogen-bond acceptors (Lipinski definition) is 7. The molecule has 0 bridgehead atoms. The van der Waals surface area contributed by atoms with E-state index in [1.54, 1.807) is 13.0 Å². The summed E-state index contributed by atoms with van der Waals surface area (Å²) in [7, 11) is -3.56. The summed E-state index contributed by atoms with van der Waals surface area (Å²) >= 11 is 12.0. The van der Waals surface area contributed by atoms with E-state index in [9.17, 15) is 18.0 Å². The average molecular weight is 536 g/mol. The van der Waals surface area contributed by atoms with E-state index in [1.165, 1.54) is 49.4 Å². The molecule has 0 aliphatic heterocycles. The summed E-state index contributed by atoms with van der Waals surface area (Å²) in [6, 6.07) is 11.4. The summed E-state index contributed by atoms with van der Waals surface area (Å²) in [5, 5.41) is 3.14. The van der Waals surface area contributed by atoms with Crippen molar-refractivity contribution in [1.82, 2.24) is 9.56 Å². The van der Waals surface area contributed by atoms with Crippen LogP contribution in [0.2, 0.25) is 10.0 Å². The molecule has 4 aromatic rings. The number of halogens is 2. The summed E-state index contributed by atoms with van der Waals surface area (Å²) in [5.41, 5.74) is 0.466. The molecule has 2 aromatic heterocycles. The molecule has 2 aromatic carbocycles. The monoisotopic (exact) mass is 535 g/mol. The van der Waals surface area contributed by atoms with E-state index >= 15 is 0 Å². The minimum Gasteiger partial charge on any atom is -0.485 e. The van der Waals surface area contributed by atoms with Crippen LogP contribution in [-0.4, -0.2) is 29.6 Å². The maximum Gasteiger partial charge on any atom is 0.287 e. The van der Waals surface area contributed by atoms with Crippen molar-refractivity contribution in [3.63, 3.8) is 0 Å². The first-order valence-corrected chi connectivity index (χ1v) is 12.7. The van der Waals surface area contributed by atoms with Crippen molar-refractivity contribution in [2.24, 2.45) is 0 Å². The molecule has 2 heterocycles. The van der Waals surface area contributed by atoms with Gasteiger partial charge in [0.15, 0.2) is 15.5 Å². The number of ether oxygens (including phenoxy) is 1. The highest BCUT2D eigenvalue weighted by molar-refractivity contribution is 7.91. The fourth-order valence-electron chi connectivity index (χ4n) is 3.26. The molecule has 0 saturated carbocycles. The van der Waals surface area contributed by atoms with Crippen LogP contribution < -0.4 is 15.6 Å². The number of anilines is 1. The molecule has 0 aliphatic carbocycles. The summed E-state index contributed by atoms with van der Waals surface area (Å²) in [5.74, 6) is -0.0222. The lowest BCUT2D eigenvalue weighted by atomic mass is 10.2. The third-order valence-electron chi connectivity index (χ3n) is 5.01. The highest BCUT2D eigenvalue weighted by atomic mass is 35.5. The van der Waals surface area contributed by atoms with Crippen LogP contribution in [0.4, 0.5) is 5.69 Å². The predicted octanol–water partition coefficient (Wildman–Crippen LogP) is 4.53. The van der Waals surface area contributed by atoms with Crippen LogP contribution >= 0.6 is 23.2 Å². The smallest absolute Gasteiger partial charge is 0.287 e. The topological polar surface area (TPSA) is 120 Å². The van der Waals surface area contributed by atoms with Gasteiger partial charge in [-0.2, -0.15) is 0 Å². The molecule has 0 unspecified atom stereocenters. The van der Waals surface area contributed by atoms with E-state index in [1.807, 2.05) is 0 Å². The van der Waals surface area contributed by atoms with E-state index in [-0.39, 0.29) is 39.3 Å². The van der Waals surface area contributed by atoms with E-state index in [0.717, 1.165) is 4.57 Å². The number of carbonyl (C=O) groups is 1. The Bertz CT molecular complexity index is 1610. The van der Waals surface area contributed by atoms with Gasteiger partial charge in [-0.1, -0.05) is 30.1 Å². The zero-order valence-electron chi connectivity index (χ0n) is 18.5. The molecule has 0 spiro atoms. The Balaban J connectivity index is 1.67.